The lowest BCUT2D eigenvalue weighted by Crippen LogP contribution is -2.32. The molecule has 1 atom stereocenters. The molecule has 0 spiro atoms. The van der Waals surface area contributed by atoms with Crippen molar-refractivity contribution >= 4 is 40.6 Å². The van der Waals surface area contributed by atoms with Gasteiger partial charge in [-0.1, -0.05) is 35.4 Å². The molecular weight excluding hydrogens is 343 g/mol. The summed E-state index contributed by atoms with van der Waals surface area (Å²) in [7, 11) is 0. The van der Waals surface area contributed by atoms with Crippen molar-refractivity contribution in [2.24, 2.45) is 0 Å². The third-order valence-corrected chi connectivity index (χ3v) is 4.14. The number of halogens is 2. The first-order chi connectivity index (χ1) is 10.2. The molecule has 22 heavy (non-hydrogen) atoms. The highest BCUT2D eigenvalue weighted by Gasteiger charge is 2.15. The summed E-state index contributed by atoms with van der Waals surface area (Å²) in [4.78, 5) is 11.4. The normalized spacial score (nSPS) is 13.4. The molecule has 1 aromatic heterocycles. The Hall–Kier alpha value is -0.750. The molecule has 124 valence electrons. The Morgan fingerprint density at radius 2 is 2.00 bits per heavy atom. The first-order valence-electron chi connectivity index (χ1n) is 6.99. The number of amides is 1. The van der Waals surface area contributed by atoms with Crippen molar-refractivity contribution in [1.29, 1.82) is 0 Å². The largest absolute Gasteiger partial charge is 0.444 e. The zero-order valence-corrected chi connectivity index (χ0v) is 15.5. The number of carbonyl (C=O) groups excluding carboxylic acids is 1. The Kier molecular flexibility index (Phi) is 7.69. The number of alkyl carbamates (subject to hydrolysis) is 1. The molecule has 1 amide bonds. The highest BCUT2D eigenvalue weighted by Crippen LogP contribution is 2.34. The highest BCUT2D eigenvalue weighted by molar-refractivity contribution is 7.20. The lowest BCUT2D eigenvalue weighted by molar-refractivity contribution is 0.0534. The fraction of sp³-hybridized carbons (Fsp3) is 0.533. The summed E-state index contributed by atoms with van der Waals surface area (Å²) in [5.41, 5.74) is 0.517. The van der Waals surface area contributed by atoms with Crippen LogP contribution in [0.2, 0.25) is 8.67 Å². The van der Waals surface area contributed by atoms with Gasteiger partial charge in [-0.25, -0.2) is 4.79 Å². The summed E-state index contributed by atoms with van der Waals surface area (Å²) in [5, 5.41) is 5.97. The van der Waals surface area contributed by atoms with E-state index in [2.05, 4.69) is 10.6 Å². The Balaban J connectivity index is 2.24. The van der Waals surface area contributed by atoms with Crippen molar-refractivity contribution in [2.75, 3.05) is 13.1 Å². The van der Waals surface area contributed by atoms with Gasteiger partial charge in [0.05, 0.1) is 8.67 Å². The first kappa shape index (κ1) is 19.3. The van der Waals surface area contributed by atoms with Crippen LogP contribution >= 0.6 is 34.5 Å². The SMILES string of the molecule is CC(NC/C=C/CNC(=O)OC(C)(C)C)c1cc(Cl)sc1Cl. The van der Waals surface area contributed by atoms with E-state index in [1.54, 1.807) is 0 Å². The summed E-state index contributed by atoms with van der Waals surface area (Å²) in [6.45, 7) is 8.61. The molecule has 0 fully saturated rings. The van der Waals surface area contributed by atoms with Gasteiger partial charge in [0.2, 0.25) is 0 Å². The van der Waals surface area contributed by atoms with Gasteiger partial charge >= 0.3 is 6.09 Å². The molecule has 1 aromatic rings. The predicted octanol–water partition coefficient (Wildman–Crippen LogP) is 4.79. The lowest BCUT2D eigenvalue weighted by atomic mass is 10.2. The van der Waals surface area contributed by atoms with Crippen LogP contribution in [0.1, 0.15) is 39.3 Å². The molecule has 0 saturated carbocycles. The molecule has 0 bridgehead atoms. The molecule has 0 radical (unpaired) electrons. The number of thiophene rings is 1. The second kappa shape index (κ2) is 8.77. The van der Waals surface area contributed by atoms with Crippen LogP contribution in [0.3, 0.4) is 0 Å². The maximum absolute atomic E-state index is 11.4. The predicted molar refractivity (Wildman–Crippen MR) is 94.1 cm³/mol. The summed E-state index contributed by atoms with van der Waals surface area (Å²) in [6, 6.07) is 1.99. The zero-order valence-electron chi connectivity index (χ0n) is 13.2. The van der Waals surface area contributed by atoms with Gasteiger partial charge < -0.3 is 15.4 Å². The molecule has 0 aliphatic rings. The molecule has 1 unspecified atom stereocenters. The van der Waals surface area contributed by atoms with E-state index in [-0.39, 0.29) is 6.04 Å². The number of ether oxygens (including phenoxy) is 1. The van der Waals surface area contributed by atoms with E-state index < -0.39 is 11.7 Å². The monoisotopic (exact) mass is 364 g/mol. The fourth-order valence-electron chi connectivity index (χ4n) is 1.63. The second-order valence-corrected chi connectivity index (χ2v) is 8.05. The van der Waals surface area contributed by atoms with Crippen molar-refractivity contribution < 1.29 is 9.53 Å². The summed E-state index contributed by atoms with van der Waals surface area (Å²) in [6.07, 6.45) is 3.39. The summed E-state index contributed by atoms with van der Waals surface area (Å²) >= 11 is 13.4. The van der Waals surface area contributed by atoms with Gasteiger partial charge in [0.25, 0.3) is 0 Å². The van der Waals surface area contributed by atoms with Crippen LogP contribution in [0.4, 0.5) is 4.79 Å². The number of carbonyl (C=O) groups is 1. The van der Waals surface area contributed by atoms with Crippen LogP contribution in [0.5, 0.6) is 0 Å². The first-order valence-corrected chi connectivity index (χ1v) is 8.56. The molecule has 7 heteroatoms. The number of hydrogen-bond acceptors (Lipinski definition) is 4. The standard InChI is InChI=1S/C15H22Cl2N2O2S/c1-10(11-9-12(16)22-13(11)17)18-7-5-6-8-19-14(20)21-15(2,3)4/h5-6,9-10,18H,7-8H2,1-4H3,(H,19,20)/b6-5+. The molecule has 0 aromatic carbocycles. The van der Waals surface area contributed by atoms with E-state index in [9.17, 15) is 4.79 Å². The van der Waals surface area contributed by atoms with E-state index in [1.807, 2.05) is 45.9 Å². The van der Waals surface area contributed by atoms with Crippen molar-refractivity contribution in [1.82, 2.24) is 10.6 Å². The van der Waals surface area contributed by atoms with Crippen LogP contribution in [0, 0.1) is 0 Å². The number of nitrogens with one attached hydrogen (secondary N) is 2. The summed E-state index contributed by atoms with van der Waals surface area (Å²) in [5.74, 6) is 0. The Bertz CT molecular complexity index is 524. The maximum Gasteiger partial charge on any atom is 0.407 e. The zero-order chi connectivity index (χ0) is 16.8. The van der Waals surface area contributed by atoms with Gasteiger partial charge in [0, 0.05) is 19.1 Å². The lowest BCUT2D eigenvalue weighted by Gasteiger charge is -2.19. The summed E-state index contributed by atoms with van der Waals surface area (Å²) < 4.78 is 6.52. The number of rotatable bonds is 6. The third kappa shape index (κ3) is 7.49. The Morgan fingerprint density at radius 1 is 1.36 bits per heavy atom. The minimum Gasteiger partial charge on any atom is -0.444 e. The van der Waals surface area contributed by atoms with E-state index in [0.29, 0.717) is 21.8 Å². The van der Waals surface area contributed by atoms with Gasteiger partial charge in [-0.2, -0.15) is 0 Å². The molecule has 2 N–H and O–H groups in total. The average Bonchev–Trinajstić information content (AvgIpc) is 2.70. The van der Waals surface area contributed by atoms with Crippen molar-refractivity contribution in [3.05, 3.63) is 32.5 Å². The van der Waals surface area contributed by atoms with Gasteiger partial charge in [-0.05, 0) is 39.3 Å². The molecular formula is C15H22Cl2N2O2S. The third-order valence-electron chi connectivity index (χ3n) is 2.62. The molecule has 4 nitrogen and oxygen atoms in total. The van der Waals surface area contributed by atoms with Crippen LogP contribution in [-0.2, 0) is 4.74 Å². The van der Waals surface area contributed by atoms with Crippen LogP contribution in [0.15, 0.2) is 18.2 Å². The van der Waals surface area contributed by atoms with Crippen molar-refractivity contribution in [3.8, 4) is 0 Å². The van der Waals surface area contributed by atoms with E-state index in [0.717, 1.165) is 5.56 Å². The molecule has 0 aliphatic carbocycles. The minimum atomic E-state index is -0.480. The quantitative estimate of drug-likeness (QED) is 0.713. The topological polar surface area (TPSA) is 50.4 Å². The van der Waals surface area contributed by atoms with Crippen LogP contribution in [-0.4, -0.2) is 24.8 Å². The average molecular weight is 365 g/mol. The van der Waals surface area contributed by atoms with Gasteiger partial charge in [0.1, 0.15) is 5.60 Å². The Morgan fingerprint density at radius 3 is 2.55 bits per heavy atom. The van der Waals surface area contributed by atoms with E-state index in [1.165, 1.54) is 11.3 Å². The van der Waals surface area contributed by atoms with Gasteiger partial charge in [0.15, 0.2) is 0 Å². The molecule has 0 saturated heterocycles. The molecule has 1 heterocycles. The smallest absolute Gasteiger partial charge is 0.407 e. The van der Waals surface area contributed by atoms with Crippen molar-refractivity contribution in [3.63, 3.8) is 0 Å². The molecule has 0 aliphatic heterocycles. The highest BCUT2D eigenvalue weighted by atomic mass is 35.5. The van der Waals surface area contributed by atoms with E-state index in [4.69, 9.17) is 27.9 Å². The van der Waals surface area contributed by atoms with Crippen LogP contribution < -0.4 is 10.6 Å². The van der Waals surface area contributed by atoms with Crippen LogP contribution in [0.25, 0.3) is 0 Å². The minimum absolute atomic E-state index is 0.111. The number of hydrogen-bond donors (Lipinski definition) is 2. The fourth-order valence-corrected chi connectivity index (χ4v) is 3.27. The Labute approximate surface area is 145 Å². The maximum atomic E-state index is 11.4. The second-order valence-electron chi connectivity index (χ2n) is 5.76. The molecule has 1 rings (SSSR count). The van der Waals surface area contributed by atoms with E-state index >= 15 is 0 Å². The van der Waals surface area contributed by atoms with Gasteiger partial charge in [-0.15, -0.1) is 11.3 Å². The van der Waals surface area contributed by atoms with Gasteiger partial charge in [-0.3, -0.25) is 0 Å². The van der Waals surface area contributed by atoms with Crippen molar-refractivity contribution in [2.45, 2.75) is 39.3 Å².